The topological polar surface area (TPSA) is 534 Å². The number of rotatable bonds is 33. The van der Waals surface area contributed by atoms with Crippen molar-refractivity contribution in [3.8, 4) is 0 Å². The first-order chi connectivity index (χ1) is 40.0. The number of hydrogen-bond acceptors (Lipinski definition) is 32. The van der Waals surface area contributed by atoms with Crippen LogP contribution in [0.25, 0.3) is 0 Å². The molecule has 5 aliphatic rings. The molecule has 0 unspecified atom stereocenters. The summed E-state index contributed by atoms with van der Waals surface area (Å²) in [6.07, 6.45) is -33.5. The van der Waals surface area contributed by atoms with Crippen molar-refractivity contribution in [3.63, 3.8) is 0 Å². The lowest BCUT2D eigenvalue weighted by Gasteiger charge is -2.40. The number of amides is 5. The van der Waals surface area contributed by atoms with Gasteiger partial charge in [-0.05, 0) is 12.8 Å². The predicted molar refractivity (Wildman–Crippen MR) is 267 cm³/mol. The normalized spacial score (nSPS) is 34.7. The minimum absolute atomic E-state index is 0.0138. The molecular weight excluding hydrogens is 1140 g/mol. The van der Waals surface area contributed by atoms with Crippen LogP contribution in [0.3, 0.4) is 0 Å². The van der Waals surface area contributed by atoms with E-state index in [4.69, 9.17) is 42.7 Å². The summed E-state index contributed by atoms with van der Waals surface area (Å²) in [5, 5.41) is 166. The molecule has 36 nitrogen and oxygen atoms in total. The van der Waals surface area contributed by atoms with Gasteiger partial charge < -0.3 is 140 Å². The summed E-state index contributed by atoms with van der Waals surface area (Å²) in [5.74, 6) is -4.66. The van der Waals surface area contributed by atoms with Crippen LogP contribution in [0.5, 0.6) is 0 Å². The summed E-state index contributed by atoms with van der Waals surface area (Å²) < 4.78 is 44.1. The van der Waals surface area contributed by atoms with E-state index in [2.05, 4.69) is 5.32 Å². The molecule has 17 N–H and O–H groups in total. The van der Waals surface area contributed by atoms with Gasteiger partial charge in [0.1, 0.15) is 97.7 Å². The summed E-state index contributed by atoms with van der Waals surface area (Å²) in [5.41, 5.74) is 0. The molecule has 0 radical (unpaired) electrons. The Kier molecular flexibility index (Phi) is 29.1. The second-order valence-corrected chi connectivity index (χ2v) is 20.4. The second-order valence-electron chi connectivity index (χ2n) is 20.4. The zero-order valence-corrected chi connectivity index (χ0v) is 45.7. The Balaban J connectivity index is 1.34. The quantitative estimate of drug-likeness (QED) is 0.0214. The van der Waals surface area contributed by atoms with Crippen LogP contribution >= 0.6 is 0 Å². The second kappa shape index (κ2) is 34.5. The Morgan fingerprint density at radius 1 is 0.452 bits per heavy atom. The van der Waals surface area contributed by atoms with Crippen molar-refractivity contribution in [2.45, 2.75) is 161 Å². The van der Waals surface area contributed by atoms with Gasteiger partial charge in [-0.15, -0.1) is 5.06 Å². The van der Waals surface area contributed by atoms with E-state index in [1.807, 2.05) is 0 Å². The number of unbranched alkanes of at least 4 members (excludes halogenated alkanes) is 2. The third kappa shape index (κ3) is 19.5. The summed E-state index contributed by atoms with van der Waals surface area (Å²) in [6.45, 7) is -9.31. The van der Waals surface area contributed by atoms with Crippen LogP contribution in [0.2, 0.25) is 0 Å². The van der Waals surface area contributed by atoms with Gasteiger partial charge >= 0.3 is 5.97 Å². The first-order valence-electron chi connectivity index (χ1n) is 27.3. The molecule has 0 saturated carbocycles. The fraction of sp³-hybridized carbons (Fsp3) is 0.875. The molecule has 0 bridgehead atoms. The molecule has 5 amide bonds. The van der Waals surface area contributed by atoms with Gasteiger partial charge in [0.25, 0.3) is 11.8 Å². The highest BCUT2D eigenvalue weighted by Crippen LogP contribution is 2.26. The highest BCUT2D eigenvalue weighted by Gasteiger charge is 2.48. The molecular formula is C48H81N5O31. The summed E-state index contributed by atoms with van der Waals surface area (Å²) in [6, 6.07) is 0. The Labute approximate surface area is 479 Å². The van der Waals surface area contributed by atoms with Crippen LogP contribution in [0.4, 0.5) is 0 Å². The highest BCUT2D eigenvalue weighted by atomic mass is 16.7. The van der Waals surface area contributed by atoms with Crippen LogP contribution in [-0.4, -0.2) is 365 Å². The molecule has 484 valence electrons. The van der Waals surface area contributed by atoms with E-state index >= 15 is 0 Å². The number of ether oxygens (including phenoxy) is 8. The minimum atomic E-state index is -1.86. The molecule has 0 aromatic carbocycles. The zero-order valence-electron chi connectivity index (χ0n) is 45.7. The van der Waals surface area contributed by atoms with E-state index in [1.54, 1.807) is 0 Å². The van der Waals surface area contributed by atoms with Gasteiger partial charge in [-0.3, -0.25) is 28.9 Å². The average Bonchev–Trinajstić information content (AvgIpc) is 3.38. The third-order valence-corrected chi connectivity index (χ3v) is 14.3. The van der Waals surface area contributed by atoms with Gasteiger partial charge in [-0.1, -0.05) is 6.42 Å². The molecule has 36 heteroatoms. The highest BCUT2D eigenvalue weighted by molar-refractivity contribution is 6.01. The van der Waals surface area contributed by atoms with Crippen molar-refractivity contribution < 1.29 is 153 Å². The monoisotopic (exact) mass is 1220 g/mol. The van der Waals surface area contributed by atoms with Crippen molar-refractivity contribution in [2.24, 2.45) is 0 Å². The van der Waals surface area contributed by atoms with Crippen LogP contribution in [0.15, 0.2) is 0 Å². The first-order valence-corrected chi connectivity index (χ1v) is 27.3. The SMILES string of the molecule is O=C(CN(CC(=O)N(CCO[C@H]1O[C@H](CO)[C@@H](O)[C@H](O)[C@@H]1O)CCO[C@H]1O[C@H](CO)[C@@H](O)[C@H](O)[C@@H]1O)CC(=O)N(CCO[C@H]1O[C@H](CO)[C@@H](O)[C@H](O)[C@@H]1O)CCO[C@H]1O[C@H](CO)[C@@H](O)[C@H](O)[C@@H]1O)NCCCCCC(=O)ON1C(=O)CCC1=O. The molecule has 5 fully saturated rings. The maximum absolute atomic E-state index is 14.5. The molecule has 0 spiro atoms. The lowest BCUT2D eigenvalue weighted by molar-refractivity contribution is -0.303. The summed E-state index contributed by atoms with van der Waals surface area (Å²) in [7, 11) is 0. The van der Waals surface area contributed by atoms with Gasteiger partial charge in [0.05, 0.1) is 72.5 Å². The van der Waals surface area contributed by atoms with Crippen LogP contribution < -0.4 is 5.32 Å². The van der Waals surface area contributed by atoms with E-state index in [1.165, 1.54) is 0 Å². The number of aliphatic hydroxyl groups excluding tert-OH is 16. The number of imide groups is 1. The smallest absolute Gasteiger partial charge is 0.333 e. The molecule has 5 rings (SSSR count). The largest absolute Gasteiger partial charge is 0.394 e. The Morgan fingerprint density at radius 2 is 0.774 bits per heavy atom. The van der Waals surface area contributed by atoms with Crippen LogP contribution in [0.1, 0.15) is 38.5 Å². The summed E-state index contributed by atoms with van der Waals surface area (Å²) in [4.78, 5) is 86.6. The van der Waals surface area contributed by atoms with Gasteiger partial charge in [-0.2, -0.15) is 0 Å². The first kappa shape index (κ1) is 70.8. The fourth-order valence-corrected chi connectivity index (χ4v) is 9.27. The van der Waals surface area contributed by atoms with E-state index in [-0.39, 0.29) is 38.6 Å². The van der Waals surface area contributed by atoms with E-state index < -0.39 is 257 Å². The number of carbonyl (C=O) groups excluding carboxylic acids is 6. The molecule has 84 heavy (non-hydrogen) atoms. The maximum Gasteiger partial charge on any atom is 0.333 e. The standard InChI is InChI=1S/C48H81N5O31/c54-19-23-33(64)37(68)41(72)45(80-23)76-12-8-51(9-13-77-46-42(73)38(69)34(65)24(20-55)81-46)30(61)17-50(16-27(58)49-7-3-1-2-4-32(63)84-53-28(59)5-6-29(53)60)18-31(62)52(10-14-78-47-43(74)39(70)35(66)25(21-56)82-47)11-15-79-48-44(75)40(71)36(67)26(22-57)83-48/h23-26,33-48,54-57,64-75H,1-22H2,(H,49,58)/t23-,24-,25-,26-,33-,34-,35-,36-,37+,38+,39+,40+,41+,42+,43+,44+,45+,46+,47+,48+/m1/s1. The van der Waals surface area contributed by atoms with Crippen LogP contribution in [0, 0.1) is 0 Å². The molecule has 0 aliphatic carbocycles. The van der Waals surface area contributed by atoms with E-state index in [0.29, 0.717) is 11.5 Å². The molecule has 5 aliphatic heterocycles. The molecule has 0 aromatic rings. The van der Waals surface area contributed by atoms with Crippen molar-refractivity contribution >= 4 is 35.5 Å². The van der Waals surface area contributed by atoms with E-state index in [0.717, 1.165) is 14.7 Å². The third-order valence-electron chi connectivity index (χ3n) is 14.3. The Hall–Kier alpha value is -3.98. The van der Waals surface area contributed by atoms with Gasteiger partial charge in [0, 0.05) is 52.0 Å². The summed E-state index contributed by atoms with van der Waals surface area (Å²) >= 11 is 0. The number of hydroxylamine groups is 2. The fourth-order valence-electron chi connectivity index (χ4n) is 9.27. The number of carbonyl (C=O) groups is 6. The average molecular weight is 1220 g/mol. The predicted octanol–water partition coefficient (Wildman–Crippen LogP) is -12.5. The molecule has 0 aromatic heterocycles. The van der Waals surface area contributed by atoms with Gasteiger partial charge in [0.2, 0.25) is 17.7 Å². The van der Waals surface area contributed by atoms with Crippen molar-refractivity contribution in [2.75, 3.05) is 105 Å². The zero-order chi connectivity index (χ0) is 61.9. The van der Waals surface area contributed by atoms with Gasteiger partial charge in [-0.25, -0.2) is 4.79 Å². The number of aliphatic hydroxyl groups is 16. The van der Waals surface area contributed by atoms with Gasteiger partial charge in [0.15, 0.2) is 25.2 Å². The molecule has 20 atom stereocenters. The lowest BCUT2D eigenvalue weighted by Crippen LogP contribution is -2.59. The molecule has 5 heterocycles. The van der Waals surface area contributed by atoms with Crippen molar-refractivity contribution in [3.05, 3.63) is 0 Å². The number of nitrogens with one attached hydrogen (secondary N) is 1. The Bertz CT molecular complexity index is 1870. The minimum Gasteiger partial charge on any atom is -0.394 e. The maximum atomic E-state index is 14.5. The lowest BCUT2D eigenvalue weighted by atomic mass is 9.99. The van der Waals surface area contributed by atoms with Crippen LogP contribution in [-0.2, 0) is 71.5 Å². The number of nitrogens with zero attached hydrogens (tertiary/aromatic N) is 4. The molecule has 5 saturated heterocycles. The van der Waals surface area contributed by atoms with Crippen molar-refractivity contribution in [1.29, 1.82) is 0 Å². The van der Waals surface area contributed by atoms with Crippen molar-refractivity contribution in [1.82, 2.24) is 25.1 Å². The van der Waals surface area contributed by atoms with E-state index in [9.17, 15) is 110 Å². The number of hydrogen-bond donors (Lipinski definition) is 17. The Morgan fingerprint density at radius 3 is 1.08 bits per heavy atom.